The molecule has 1 aliphatic carbocycles. The molecule has 0 amide bonds. The van der Waals surface area contributed by atoms with Crippen LogP contribution in [-0.4, -0.2) is 11.1 Å². The van der Waals surface area contributed by atoms with Gasteiger partial charge in [0.25, 0.3) is 0 Å². The number of carboxylic acids is 1. The van der Waals surface area contributed by atoms with Crippen molar-refractivity contribution in [3.8, 4) is 0 Å². The van der Waals surface area contributed by atoms with Crippen molar-refractivity contribution in [1.82, 2.24) is 0 Å². The lowest BCUT2D eigenvalue weighted by molar-refractivity contribution is -0.140. The maximum absolute atomic E-state index is 12.7. The molecule has 90 valence electrons. The van der Waals surface area contributed by atoms with Crippen LogP contribution in [0.5, 0.6) is 0 Å². The lowest BCUT2D eigenvalue weighted by Gasteiger charge is -2.38. The average molecular weight is 234 g/mol. The smallest absolute Gasteiger partial charge is 0.304 e. The molecule has 1 saturated carbocycles. The molecular formula is C14H15FO2. The van der Waals surface area contributed by atoms with E-state index in [9.17, 15) is 9.18 Å². The van der Waals surface area contributed by atoms with E-state index < -0.39 is 5.97 Å². The summed E-state index contributed by atoms with van der Waals surface area (Å²) in [6.07, 6.45) is 6.99. The highest BCUT2D eigenvalue weighted by atomic mass is 19.1. The fourth-order valence-electron chi connectivity index (χ4n) is 2.18. The van der Waals surface area contributed by atoms with Gasteiger partial charge in [-0.2, -0.15) is 0 Å². The van der Waals surface area contributed by atoms with Gasteiger partial charge >= 0.3 is 5.97 Å². The van der Waals surface area contributed by atoms with Crippen LogP contribution in [0.15, 0.2) is 30.3 Å². The summed E-state index contributed by atoms with van der Waals surface area (Å²) in [5.74, 6) is -1.01. The van der Waals surface area contributed by atoms with Crippen molar-refractivity contribution in [1.29, 1.82) is 0 Å². The van der Waals surface area contributed by atoms with Crippen LogP contribution in [0.3, 0.4) is 0 Å². The Morgan fingerprint density at radius 1 is 1.35 bits per heavy atom. The molecule has 1 fully saturated rings. The molecule has 2 nitrogen and oxygen atoms in total. The summed E-state index contributed by atoms with van der Waals surface area (Å²) < 4.78 is 12.7. The van der Waals surface area contributed by atoms with Crippen molar-refractivity contribution >= 4 is 12.0 Å². The largest absolute Gasteiger partial charge is 0.481 e. The number of hydrogen-bond donors (Lipinski definition) is 1. The van der Waals surface area contributed by atoms with Crippen LogP contribution < -0.4 is 0 Å². The van der Waals surface area contributed by atoms with Gasteiger partial charge in [0.1, 0.15) is 5.82 Å². The highest BCUT2D eigenvalue weighted by Crippen LogP contribution is 2.45. The minimum Gasteiger partial charge on any atom is -0.481 e. The Bertz CT molecular complexity index is 430. The Hall–Kier alpha value is -1.64. The second-order valence-electron chi connectivity index (χ2n) is 4.67. The third-order valence-electron chi connectivity index (χ3n) is 3.35. The van der Waals surface area contributed by atoms with Gasteiger partial charge in [-0.1, -0.05) is 30.7 Å². The molecule has 2 rings (SSSR count). The van der Waals surface area contributed by atoms with Crippen LogP contribution in [0.1, 0.15) is 31.2 Å². The first-order valence-corrected chi connectivity index (χ1v) is 5.76. The van der Waals surface area contributed by atoms with Crippen LogP contribution in [0, 0.1) is 11.2 Å². The fourth-order valence-corrected chi connectivity index (χ4v) is 2.18. The van der Waals surface area contributed by atoms with Gasteiger partial charge < -0.3 is 5.11 Å². The first kappa shape index (κ1) is 11.8. The fraction of sp³-hybridized carbons (Fsp3) is 0.357. The van der Waals surface area contributed by atoms with Crippen LogP contribution in [0.25, 0.3) is 6.08 Å². The quantitative estimate of drug-likeness (QED) is 0.865. The third-order valence-corrected chi connectivity index (χ3v) is 3.35. The number of aliphatic carboxylic acids is 1. The maximum Gasteiger partial charge on any atom is 0.304 e. The molecule has 0 bridgehead atoms. The first-order chi connectivity index (χ1) is 8.10. The highest BCUT2D eigenvalue weighted by Gasteiger charge is 2.36. The number of hydrogen-bond acceptors (Lipinski definition) is 1. The number of rotatable bonds is 4. The molecule has 0 aromatic heterocycles. The molecule has 1 aliphatic rings. The summed E-state index contributed by atoms with van der Waals surface area (Å²) in [7, 11) is 0. The van der Waals surface area contributed by atoms with Gasteiger partial charge in [-0.15, -0.1) is 0 Å². The van der Waals surface area contributed by atoms with E-state index in [-0.39, 0.29) is 17.7 Å². The summed E-state index contributed by atoms with van der Waals surface area (Å²) in [6.45, 7) is 0. The first-order valence-electron chi connectivity index (χ1n) is 5.76. The van der Waals surface area contributed by atoms with Crippen molar-refractivity contribution in [3.63, 3.8) is 0 Å². The van der Waals surface area contributed by atoms with Gasteiger partial charge in [-0.05, 0) is 36.0 Å². The predicted molar refractivity (Wildman–Crippen MR) is 64.0 cm³/mol. The molecule has 1 aromatic carbocycles. The van der Waals surface area contributed by atoms with E-state index in [1.165, 1.54) is 12.1 Å². The van der Waals surface area contributed by atoms with Crippen LogP contribution in [0.4, 0.5) is 4.39 Å². The molecule has 0 heterocycles. The summed E-state index contributed by atoms with van der Waals surface area (Å²) >= 11 is 0. The molecule has 0 radical (unpaired) electrons. The predicted octanol–water partition coefficient (Wildman–Crippen LogP) is 3.48. The second-order valence-corrected chi connectivity index (χ2v) is 4.67. The van der Waals surface area contributed by atoms with Crippen molar-refractivity contribution in [2.24, 2.45) is 5.41 Å². The molecule has 0 atom stereocenters. The van der Waals surface area contributed by atoms with E-state index in [1.807, 2.05) is 12.2 Å². The highest BCUT2D eigenvalue weighted by molar-refractivity contribution is 5.69. The Morgan fingerprint density at radius 3 is 2.47 bits per heavy atom. The van der Waals surface area contributed by atoms with Gasteiger partial charge in [0.05, 0.1) is 6.42 Å². The number of carbonyl (C=O) groups is 1. The lowest BCUT2D eigenvalue weighted by atomic mass is 9.66. The average Bonchev–Trinajstić information content (AvgIpc) is 2.23. The molecular weight excluding hydrogens is 219 g/mol. The normalized spacial score (nSPS) is 17.9. The van der Waals surface area contributed by atoms with Crippen molar-refractivity contribution in [2.45, 2.75) is 25.7 Å². The number of allylic oxidation sites excluding steroid dienone is 1. The van der Waals surface area contributed by atoms with E-state index in [4.69, 9.17) is 5.11 Å². The SMILES string of the molecule is O=C(O)CC1(/C=C/c2ccc(F)cc2)CCC1. The number of benzene rings is 1. The summed E-state index contributed by atoms with van der Waals surface area (Å²) in [6, 6.07) is 6.20. The monoisotopic (exact) mass is 234 g/mol. The van der Waals surface area contributed by atoms with Gasteiger partial charge in [0.2, 0.25) is 0 Å². The minimum atomic E-state index is -0.756. The number of halogens is 1. The zero-order valence-electron chi connectivity index (χ0n) is 9.53. The summed E-state index contributed by atoms with van der Waals surface area (Å²) in [5.41, 5.74) is 0.725. The van der Waals surface area contributed by atoms with Gasteiger partial charge in [0.15, 0.2) is 0 Å². The molecule has 0 saturated heterocycles. The molecule has 0 spiro atoms. The standard InChI is InChI=1S/C14H15FO2/c15-12-4-2-11(3-5-12)6-9-14(7-1-8-14)10-13(16)17/h2-6,9H,1,7-8,10H2,(H,16,17)/b9-6+. The van der Waals surface area contributed by atoms with Gasteiger partial charge in [0, 0.05) is 0 Å². The Morgan fingerprint density at radius 2 is 2.00 bits per heavy atom. The van der Waals surface area contributed by atoms with E-state index in [1.54, 1.807) is 12.1 Å². The van der Waals surface area contributed by atoms with Crippen molar-refractivity contribution in [3.05, 3.63) is 41.7 Å². The Balaban J connectivity index is 2.08. The minimum absolute atomic E-state index is 0.180. The Labute approximate surface area is 99.8 Å². The summed E-state index contributed by atoms with van der Waals surface area (Å²) in [5, 5.41) is 8.86. The second kappa shape index (κ2) is 4.70. The maximum atomic E-state index is 12.7. The third kappa shape index (κ3) is 2.93. The van der Waals surface area contributed by atoms with Gasteiger partial charge in [-0.3, -0.25) is 4.79 Å². The van der Waals surface area contributed by atoms with E-state index in [0.29, 0.717) is 0 Å². The molecule has 0 aliphatic heterocycles. The zero-order valence-corrected chi connectivity index (χ0v) is 9.53. The Kier molecular flexibility index (Phi) is 3.27. The molecule has 17 heavy (non-hydrogen) atoms. The van der Waals surface area contributed by atoms with Crippen LogP contribution >= 0.6 is 0 Å². The molecule has 1 N–H and O–H groups in total. The van der Waals surface area contributed by atoms with E-state index in [2.05, 4.69) is 0 Å². The lowest BCUT2D eigenvalue weighted by Crippen LogP contribution is -2.29. The van der Waals surface area contributed by atoms with Crippen molar-refractivity contribution < 1.29 is 14.3 Å². The van der Waals surface area contributed by atoms with Crippen molar-refractivity contribution in [2.75, 3.05) is 0 Å². The number of carboxylic acid groups (broad SMARTS) is 1. The van der Waals surface area contributed by atoms with Gasteiger partial charge in [-0.25, -0.2) is 4.39 Å². The molecule has 1 aromatic rings. The van der Waals surface area contributed by atoms with Crippen LogP contribution in [-0.2, 0) is 4.79 Å². The van der Waals surface area contributed by atoms with E-state index in [0.717, 1.165) is 24.8 Å². The molecule has 0 unspecified atom stereocenters. The summed E-state index contributed by atoms with van der Waals surface area (Å²) in [4.78, 5) is 10.8. The molecule has 3 heteroatoms. The van der Waals surface area contributed by atoms with E-state index >= 15 is 0 Å². The topological polar surface area (TPSA) is 37.3 Å². The van der Waals surface area contributed by atoms with Crippen LogP contribution in [0.2, 0.25) is 0 Å². The zero-order chi connectivity index (χ0) is 12.3.